The third-order valence-corrected chi connectivity index (χ3v) is 4.73. The summed E-state index contributed by atoms with van der Waals surface area (Å²) < 4.78 is 5.95. The van der Waals surface area contributed by atoms with Crippen LogP contribution < -0.4 is 4.74 Å². The number of hydrogen-bond donors (Lipinski definition) is 0. The molecule has 0 heterocycles. The zero-order valence-corrected chi connectivity index (χ0v) is 16.8. The first-order valence-corrected chi connectivity index (χ1v) is 9.59. The molecule has 3 rings (SSSR count). The minimum atomic E-state index is -0.0212. The minimum Gasteiger partial charge on any atom is -0.483 e. The molecule has 0 saturated heterocycles. The van der Waals surface area contributed by atoms with Crippen molar-refractivity contribution in [1.82, 2.24) is 4.90 Å². The van der Waals surface area contributed by atoms with Crippen LogP contribution in [-0.2, 0) is 17.9 Å². The molecule has 144 valence electrons. The summed E-state index contributed by atoms with van der Waals surface area (Å²) in [6.07, 6.45) is 0. The van der Waals surface area contributed by atoms with Crippen LogP contribution >= 0.6 is 0 Å². The molecule has 0 spiro atoms. The molecule has 0 aliphatic rings. The van der Waals surface area contributed by atoms with Crippen molar-refractivity contribution < 1.29 is 9.53 Å². The topological polar surface area (TPSA) is 29.5 Å². The fourth-order valence-corrected chi connectivity index (χ4v) is 3.46. The highest BCUT2D eigenvalue weighted by Gasteiger charge is 2.16. The van der Waals surface area contributed by atoms with Gasteiger partial charge in [0.05, 0.1) is 0 Å². The average Bonchev–Trinajstić information content (AvgIpc) is 2.68. The average molecular weight is 373 g/mol. The maximum absolute atomic E-state index is 13.0. The van der Waals surface area contributed by atoms with Gasteiger partial charge in [0.25, 0.3) is 5.91 Å². The second-order valence-corrected chi connectivity index (χ2v) is 7.24. The smallest absolute Gasteiger partial charge is 0.261 e. The number of benzene rings is 3. The predicted octanol–water partition coefficient (Wildman–Crippen LogP) is 5.22. The lowest BCUT2D eigenvalue weighted by Gasteiger charge is -2.24. The zero-order chi connectivity index (χ0) is 19.9. The van der Waals surface area contributed by atoms with Crippen molar-refractivity contribution in [1.29, 1.82) is 0 Å². The molecule has 0 atom stereocenters. The van der Waals surface area contributed by atoms with Crippen molar-refractivity contribution in [3.8, 4) is 5.75 Å². The van der Waals surface area contributed by atoms with Crippen LogP contribution in [0.2, 0.25) is 0 Å². The van der Waals surface area contributed by atoms with Crippen molar-refractivity contribution in [2.45, 2.75) is 33.9 Å². The molecule has 0 bridgehead atoms. The lowest BCUT2D eigenvalue weighted by Crippen LogP contribution is -2.34. The molecule has 0 aliphatic carbocycles. The van der Waals surface area contributed by atoms with Crippen molar-refractivity contribution in [2.24, 2.45) is 0 Å². The van der Waals surface area contributed by atoms with Gasteiger partial charge in [-0.25, -0.2) is 0 Å². The van der Waals surface area contributed by atoms with Gasteiger partial charge in [0.1, 0.15) is 5.75 Å². The minimum absolute atomic E-state index is 0.0212. The first kappa shape index (κ1) is 19.7. The fraction of sp³-hybridized carbons (Fsp3) is 0.240. The summed E-state index contributed by atoms with van der Waals surface area (Å²) in [6.45, 7) is 7.26. The number of nitrogens with zero attached hydrogens (tertiary/aromatic N) is 1. The van der Waals surface area contributed by atoms with Crippen molar-refractivity contribution >= 4 is 5.91 Å². The maximum atomic E-state index is 13.0. The van der Waals surface area contributed by atoms with Gasteiger partial charge in [-0.15, -0.1) is 0 Å². The lowest BCUT2D eigenvalue weighted by atomic mass is 10.1. The number of ether oxygens (including phenoxy) is 1. The number of hydrogen-bond acceptors (Lipinski definition) is 2. The van der Waals surface area contributed by atoms with Crippen LogP contribution in [0, 0.1) is 20.8 Å². The van der Waals surface area contributed by atoms with Gasteiger partial charge in [0.2, 0.25) is 0 Å². The molecule has 3 heteroatoms. The van der Waals surface area contributed by atoms with Crippen molar-refractivity contribution in [3.63, 3.8) is 0 Å². The molecule has 0 aliphatic heterocycles. The summed E-state index contributed by atoms with van der Waals surface area (Å²) >= 11 is 0. The highest BCUT2D eigenvalue weighted by molar-refractivity contribution is 5.78. The molecule has 0 N–H and O–H groups in total. The molecule has 3 nitrogen and oxygen atoms in total. The van der Waals surface area contributed by atoms with Crippen LogP contribution in [0.4, 0.5) is 0 Å². The number of rotatable bonds is 7. The fourth-order valence-electron chi connectivity index (χ4n) is 3.46. The molecule has 28 heavy (non-hydrogen) atoms. The van der Waals surface area contributed by atoms with Crippen LogP contribution in [0.5, 0.6) is 5.75 Å². The second-order valence-electron chi connectivity index (χ2n) is 7.24. The van der Waals surface area contributed by atoms with E-state index >= 15 is 0 Å². The lowest BCUT2D eigenvalue weighted by molar-refractivity contribution is -0.134. The first-order chi connectivity index (χ1) is 13.5. The third-order valence-electron chi connectivity index (χ3n) is 4.73. The molecule has 0 saturated carbocycles. The monoisotopic (exact) mass is 373 g/mol. The van der Waals surface area contributed by atoms with E-state index in [-0.39, 0.29) is 12.5 Å². The van der Waals surface area contributed by atoms with E-state index in [9.17, 15) is 4.79 Å². The molecule has 3 aromatic rings. The van der Waals surface area contributed by atoms with Gasteiger partial charge in [-0.2, -0.15) is 0 Å². The quantitative estimate of drug-likeness (QED) is 0.568. The summed E-state index contributed by atoms with van der Waals surface area (Å²) in [5.74, 6) is 0.783. The van der Waals surface area contributed by atoms with Crippen LogP contribution in [0.1, 0.15) is 27.8 Å². The summed E-state index contributed by atoms with van der Waals surface area (Å²) in [5.41, 5.74) is 5.53. The van der Waals surface area contributed by atoms with E-state index in [4.69, 9.17) is 4.74 Å². The second kappa shape index (κ2) is 9.23. The van der Waals surface area contributed by atoms with Gasteiger partial charge in [-0.3, -0.25) is 4.79 Å². The van der Waals surface area contributed by atoms with Crippen LogP contribution in [0.3, 0.4) is 0 Å². The number of carbonyl (C=O) groups is 1. The van der Waals surface area contributed by atoms with Crippen LogP contribution in [-0.4, -0.2) is 17.4 Å². The van der Waals surface area contributed by atoms with Gasteiger partial charge >= 0.3 is 0 Å². The Bertz CT molecular complexity index is 855. The summed E-state index contributed by atoms with van der Waals surface area (Å²) in [7, 11) is 0. The van der Waals surface area contributed by atoms with E-state index < -0.39 is 0 Å². The van der Waals surface area contributed by atoms with E-state index in [1.54, 1.807) is 0 Å². The number of carbonyl (C=O) groups excluding carboxylic acids is 1. The Labute approximate surface area is 167 Å². The van der Waals surface area contributed by atoms with Crippen molar-refractivity contribution in [2.75, 3.05) is 6.61 Å². The largest absolute Gasteiger partial charge is 0.483 e. The Morgan fingerprint density at radius 3 is 1.71 bits per heavy atom. The molecular weight excluding hydrogens is 346 g/mol. The highest BCUT2D eigenvalue weighted by atomic mass is 16.5. The molecular formula is C25H27NO2. The van der Waals surface area contributed by atoms with Gasteiger partial charge in [0, 0.05) is 13.1 Å². The van der Waals surface area contributed by atoms with Gasteiger partial charge in [0.15, 0.2) is 6.61 Å². The Morgan fingerprint density at radius 2 is 1.25 bits per heavy atom. The molecule has 3 aromatic carbocycles. The Hall–Kier alpha value is -3.07. The summed E-state index contributed by atoms with van der Waals surface area (Å²) in [5, 5.41) is 0. The van der Waals surface area contributed by atoms with Gasteiger partial charge in [-0.05, 0) is 43.0 Å². The molecule has 0 aromatic heterocycles. The summed E-state index contributed by atoms with van der Waals surface area (Å²) in [6, 6.07) is 24.3. The van der Waals surface area contributed by atoms with E-state index in [0.29, 0.717) is 13.1 Å². The van der Waals surface area contributed by atoms with E-state index in [0.717, 1.165) is 28.0 Å². The predicted molar refractivity (Wildman–Crippen MR) is 113 cm³/mol. The van der Waals surface area contributed by atoms with E-state index in [1.807, 2.05) is 79.4 Å². The molecule has 0 radical (unpaired) electrons. The van der Waals surface area contributed by atoms with E-state index in [2.05, 4.69) is 19.1 Å². The van der Waals surface area contributed by atoms with Crippen LogP contribution in [0.15, 0.2) is 72.8 Å². The normalized spacial score (nSPS) is 10.5. The molecule has 0 unspecified atom stereocenters. The number of amides is 1. The zero-order valence-electron chi connectivity index (χ0n) is 16.8. The Balaban J connectivity index is 1.74. The molecule has 1 amide bonds. The van der Waals surface area contributed by atoms with Gasteiger partial charge < -0.3 is 9.64 Å². The number of aryl methyl sites for hydroxylation is 3. The first-order valence-electron chi connectivity index (χ1n) is 9.59. The molecule has 0 fully saturated rings. The van der Waals surface area contributed by atoms with E-state index in [1.165, 1.54) is 5.56 Å². The Morgan fingerprint density at radius 1 is 0.786 bits per heavy atom. The standard InChI is InChI=1S/C25H27NO2/c1-19-14-20(2)25(21(3)15-19)28-18-24(27)26(16-22-10-6-4-7-11-22)17-23-12-8-5-9-13-23/h4-15H,16-18H2,1-3H3. The SMILES string of the molecule is Cc1cc(C)c(OCC(=O)N(Cc2ccccc2)Cc2ccccc2)c(C)c1. The van der Waals surface area contributed by atoms with Crippen molar-refractivity contribution in [3.05, 3.63) is 101 Å². The highest BCUT2D eigenvalue weighted by Crippen LogP contribution is 2.24. The summed E-state index contributed by atoms with van der Waals surface area (Å²) in [4.78, 5) is 14.9. The third kappa shape index (κ3) is 5.23. The Kier molecular flexibility index (Phi) is 6.49. The maximum Gasteiger partial charge on any atom is 0.261 e. The van der Waals surface area contributed by atoms with Gasteiger partial charge in [-0.1, -0.05) is 78.4 Å². The van der Waals surface area contributed by atoms with Crippen LogP contribution in [0.25, 0.3) is 0 Å².